The first-order chi connectivity index (χ1) is 14.5. The van der Waals surface area contributed by atoms with Crippen LogP contribution in [0.4, 0.5) is 0 Å². The van der Waals surface area contributed by atoms with Crippen molar-refractivity contribution < 1.29 is 18.3 Å². The molecule has 0 heterocycles. The Labute approximate surface area is 186 Å². The van der Waals surface area contributed by atoms with Crippen molar-refractivity contribution in [2.75, 3.05) is 12.3 Å². The van der Waals surface area contributed by atoms with Gasteiger partial charge in [0.25, 0.3) is 0 Å². The Morgan fingerprint density at radius 2 is 0.967 bits per heavy atom. The van der Waals surface area contributed by atoms with Gasteiger partial charge in [-0.15, -0.1) is 0 Å². The molecule has 0 saturated heterocycles. The highest BCUT2D eigenvalue weighted by atomic mass is 32.2. The van der Waals surface area contributed by atoms with Crippen LogP contribution in [0.15, 0.2) is 0 Å². The van der Waals surface area contributed by atoms with E-state index >= 15 is 0 Å². The summed E-state index contributed by atoms with van der Waals surface area (Å²) >= 11 is 0. The van der Waals surface area contributed by atoms with Crippen LogP contribution in [0.2, 0.25) is 0 Å². The van der Waals surface area contributed by atoms with E-state index in [1.165, 1.54) is 103 Å². The van der Waals surface area contributed by atoms with Gasteiger partial charge in [-0.25, -0.2) is 13.1 Å². The number of sulfonamides is 1. The standard InChI is InChI=1S/C24H49NO4S/c1-2-3-4-5-6-7-8-9-10-11-12-13-14-15-16-17-18-19-20-23-30(28,29)25-22-21-24(26)27/h25H,2-23H2,1H3,(H,26,27). The molecule has 0 rings (SSSR count). The van der Waals surface area contributed by atoms with Gasteiger partial charge in [0.2, 0.25) is 10.0 Å². The highest BCUT2D eigenvalue weighted by molar-refractivity contribution is 7.89. The maximum absolute atomic E-state index is 11.7. The summed E-state index contributed by atoms with van der Waals surface area (Å²) in [5.74, 6) is -0.882. The van der Waals surface area contributed by atoms with E-state index in [4.69, 9.17) is 5.11 Å². The maximum Gasteiger partial charge on any atom is 0.304 e. The average molecular weight is 448 g/mol. The van der Waals surface area contributed by atoms with E-state index < -0.39 is 16.0 Å². The van der Waals surface area contributed by atoms with Crippen LogP contribution in [0.25, 0.3) is 0 Å². The van der Waals surface area contributed by atoms with Crippen LogP contribution in [0.1, 0.15) is 135 Å². The molecule has 0 aliphatic rings. The van der Waals surface area contributed by atoms with E-state index in [1.807, 2.05) is 0 Å². The Kier molecular flexibility index (Phi) is 21.2. The summed E-state index contributed by atoms with van der Waals surface area (Å²) in [6.45, 7) is 2.25. The molecule has 6 heteroatoms. The van der Waals surface area contributed by atoms with Gasteiger partial charge in [-0.1, -0.05) is 122 Å². The third-order valence-electron chi connectivity index (χ3n) is 5.68. The van der Waals surface area contributed by atoms with E-state index in [-0.39, 0.29) is 18.7 Å². The number of carbonyl (C=O) groups is 1. The van der Waals surface area contributed by atoms with Crippen LogP contribution in [-0.2, 0) is 14.8 Å². The Bertz CT molecular complexity index is 480. The predicted molar refractivity (Wildman–Crippen MR) is 127 cm³/mol. The monoisotopic (exact) mass is 447 g/mol. The molecular weight excluding hydrogens is 398 g/mol. The zero-order chi connectivity index (χ0) is 22.3. The molecule has 0 aromatic carbocycles. The second-order valence-corrected chi connectivity index (χ2v) is 10.6. The largest absolute Gasteiger partial charge is 0.481 e. The summed E-state index contributed by atoms with van der Waals surface area (Å²) in [6, 6.07) is 0. The van der Waals surface area contributed by atoms with Crippen molar-refractivity contribution in [1.29, 1.82) is 0 Å². The number of nitrogens with one attached hydrogen (secondary N) is 1. The lowest BCUT2D eigenvalue weighted by Gasteiger charge is -2.06. The fourth-order valence-corrected chi connectivity index (χ4v) is 4.90. The van der Waals surface area contributed by atoms with Crippen LogP contribution in [0, 0.1) is 0 Å². The molecule has 0 fully saturated rings. The van der Waals surface area contributed by atoms with Crippen LogP contribution >= 0.6 is 0 Å². The Morgan fingerprint density at radius 3 is 1.30 bits per heavy atom. The molecule has 0 amide bonds. The third-order valence-corrected chi connectivity index (χ3v) is 7.15. The fourth-order valence-electron chi connectivity index (χ4n) is 3.76. The zero-order valence-corrected chi connectivity index (χ0v) is 20.5. The van der Waals surface area contributed by atoms with E-state index in [2.05, 4.69) is 11.6 Å². The molecule has 30 heavy (non-hydrogen) atoms. The van der Waals surface area contributed by atoms with Crippen molar-refractivity contribution >= 4 is 16.0 Å². The van der Waals surface area contributed by atoms with Gasteiger partial charge in [0.15, 0.2) is 0 Å². The van der Waals surface area contributed by atoms with Gasteiger partial charge in [0.1, 0.15) is 0 Å². The zero-order valence-electron chi connectivity index (χ0n) is 19.6. The Hall–Kier alpha value is -0.620. The van der Waals surface area contributed by atoms with Gasteiger partial charge in [-0.2, -0.15) is 0 Å². The molecule has 0 spiro atoms. The highest BCUT2D eigenvalue weighted by Crippen LogP contribution is 2.14. The molecule has 0 aromatic rings. The minimum Gasteiger partial charge on any atom is -0.481 e. The van der Waals surface area contributed by atoms with Gasteiger partial charge < -0.3 is 5.11 Å². The molecule has 5 nitrogen and oxygen atoms in total. The number of carboxylic acids is 1. The second kappa shape index (κ2) is 21.6. The van der Waals surface area contributed by atoms with Gasteiger partial charge >= 0.3 is 5.97 Å². The first-order valence-electron chi connectivity index (χ1n) is 12.7. The Balaban J connectivity index is 3.22. The quantitative estimate of drug-likeness (QED) is 0.159. The second-order valence-electron chi connectivity index (χ2n) is 8.72. The van der Waals surface area contributed by atoms with Gasteiger partial charge in [-0.05, 0) is 6.42 Å². The molecule has 0 aliphatic carbocycles. The van der Waals surface area contributed by atoms with E-state index in [1.54, 1.807) is 0 Å². The van der Waals surface area contributed by atoms with Crippen LogP contribution in [0.3, 0.4) is 0 Å². The van der Waals surface area contributed by atoms with Gasteiger partial charge in [0.05, 0.1) is 12.2 Å². The number of hydrogen-bond acceptors (Lipinski definition) is 3. The lowest BCUT2D eigenvalue weighted by atomic mass is 10.0. The minimum atomic E-state index is -3.31. The average Bonchev–Trinajstić information content (AvgIpc) is 2.69. The minimum absolute atomic E-state index is 0.0171. The van der Waals surface area contributed by atoms with Crippen molar-refractivity contribution in [2.45, 2.75) is 135 Å². The normalized spacial score (nSPS) is 11.8. The van der Waals surface area contributed by atoms with Crippen molar-refractivity contribution in [1.82, 2.24) is 4.72 Å². The van der Waals surface area contributed by atoms with Gasteiger partial charge in [-0.3, -0.25) is 4.79 Å². The highest BCUT2D eigenvalue weighted by Gasteiger charge is 2.09. The molecule has 0 atom stereocenters. The van der Waals surface area contributed by atoms with Crippen molar-refractivity contribution in [3.8, 4) is 0 Å². The molecular formula is C24H49NO4S. The summed E-state index contributed by atoms with van der Waals surface area (Å²) in [4.78, 5) is 10.4. The van der Waals surface area contributed by atoms with Crippen LogP contribution in [-0.4, -0.2) is 31.8 Å². The molecule has 0 bridgehead atoms. The molecule has 0 radical (unpaired) electrons. The van der Waals surface area contributed by atoms with Crippen molar-refractivity contribution in [3.63, 3.8) is 0 Å². The van der Waals surface area contributed by atoms with Crippen LogP contribution in [0.5, 0.6) is 0 Å². The summed E-state index contributed by atoms with van der Waals surface area (Å²) in [5, 5.41) is 8.52. The van der Waals surface area contributed by atoms with E-state index in [9.17, 15) is 13.2 Å². The summed E-state index contributed by atoms with van der Waals surface area (Å²) < 4.78 is 25.7. The van der Waals surface area contributed by atoms with Crippen molar-refractivity contribution in [3.05, 3.63) is 0 Å². The lowest BCUT2D eigenvalue weighted by Crippen LogP contribution is -2.28. The molecule has 2 N–H and O–H groups in total. The first-order valence-corrected chi connectivity index (χ1v) is 14.3. The summed E-state index contributed by atoms with van der Waals surface area (Å²) in [6.07, 6.45) is 24.4. The third kappa shape index (κ3) is 23.7. The number of rotatable bonds is 24. The van der Waals surface area contributed by atoms with Crippen LogP contribution < -0.4 is 4.72 Å². The maximum atomic E-state index is 11.7. The number of unbranched alkanes of at least 4 members (excludes halogenated alkanes) is 18. The lowest BCUT2D eigenvalue weighted by molar-refractivity contribution is -0.136. The summed E-state index contributed by atoms with van der Waals surface area (Å²) in [7, 11) is -3.31. The topological polar surface area (TPSA) is 83.5 Å². The van der Waals surface area contributed by atoms with E-state index in [0.717, 1.165) is 12.8 Å². The SMILES string of the molecule is CCCCCCCCCCCCCCCCCCCCCS(=O)(=O)NCCC(=O)O. The van der Waals surface area contributed by atoms with Gasteiger partial charge in [0, 0.05) is 6.54 Å². The predicted octanol–water partition coefficient (Wildman–Crippen LogP) is 6.81. The molecule has 0 unspecified atom stereocenters. The first kappa shape index (κ1) is 29.4. The smallest absolute Gasteiger partial charge is 0.304 e. The number of hydrogen-bond donors (Lipinski definition) is 2. The van der Waals surface area contributed by atoms with Crippen molar-refractivity contribution in [2.24, 2.45) is 0 Å². The number of carboxylic acid groups (broad SMARTS) is 1. The molecule has 0 aliphatic heterocycles. The molecule has 0 aromatic heterocycles. The summed E-state index contributed by atoms with van der Waals surface area (Å²) in [5.41, 5.74) is 0. The fraction of sp³-hybridized carbons (Fsp3) is 0.958. The molecule has 180 valence electrons. The van der Waals surface area contributed by atoms with E-state index in [0.29, 0.717) is 6.42 Å². The number of aliphatic carboxylic acids is 1. The molecule has 0 saturated carbocycles. The Morgan fingerprint density at radius 1 is 0.633 bits per heavy atom.